The van der Waals surface area contributed by atoms with Gasteiger partial charge in [0.1, 0.15) is 5.82 Å². The molecule has 2 N–H and O–H groups in total. The summed E-state index contributed by atoms with van der Waals surface area (Å²) in [5.74, 6) is 0.860. The molecular formula is C13H12N4O2S. The van der Waals surface area contributed by atoms with Crippen molar-refractivity contribution in [2.45, 2.75) is 13.3 Å². The molecule has 0 aromatic carbocycles. The molecule has 20 heavy (non-hydrogen) atoms. The van der Waals surface area contributed by atoms with Gasteiger partial charge in [-0.05, 0) is 17.9 Å². The summed E-state index contributed by atoms with van der Waals surface area (Å²) in [6.45, 7) is 1.99. The highest BCUT2D eigenvalue weighted by atomic mass is 32.1. The number of nitrogens with zero attached hydrogens (tertiary/aromatic N) is 2. The zero-order chi connectivity index (χ0) is 13.9. The molecular weight excluding hydrogens is 276 g/mol. The van der Waals surface area contributed by atoms with E-state index in [1.54, 1.807) is 12.3 Å². The summed E-state index contributed by atoms with van der Waals surface area (Å²) in [5.41, 5.74) is 1.19. The van der Waals surface area contributed by atoms with Gasteiger partial charge in [0.05, 0.1) is 11.1 Å². The van der Waals surface area contributed by atoms with Gasteiger partial charge >= 0.3 is 0 Å². The Hall–Kier alpha value is -2.41. The molecule has 7 heteroatoms. The summed E-state index contributed by atoms with van der Waals surface area (Å²) in [6.07, 6.45) is 2.47. The summed E-state index contributed by atoms with van der Waals surface area (Å²) < 4.78 is 5.18. The van der Waals surface area contributed by atoms with Gasteiger partial charge in [-0.1, -0.05) is 18.1 Å². The van der Waals surface area contributed by atoms with Crippen LogP contribution in [0.4, 0.5) is 5.82 Å². The predicted molar refractivity (Wildman–Crippen MR) is 75.7 cm³/mol. The van der Waals surface area contributed by atoms with Crippen LogP contribution in [0.25, 0.3) is 10.6 Å². The number of H-pyrrole nitrogens is 1. The van der Waals surface area contributed by atoms with E-state index in [0.717, 1.165) is 16.9 Å². The van der Waals surface area contributed by atoms with Crippen molar-refractivity contribution in [3.05, 3.63) is 41.0 Å². The maximum atomic E-state index is 12.1. The number of rotatable bonds is 4. The summed E-state index contributed by atoms with van der Waals surface area (Å²) in [7, 11) is 0. The lowest BCUT2D eigenvalue weighted by molar-refractivity contribution is 0.101. The second-order valence-corrected chi connectivity index (χ2v) is 5.08. The van der Waals surface area contributed by atoms with Crippen molar-refractivity contribution in [3.63, 3.8) is 0 Å². The smallest absolute Gasteiger partial charge is 0.279 e. The minimum absolute atomic E-state index is 0.241. The molecule has 3 aromatic heterocycles. The highest BCUT2D eigenvalue weighted by Gasteiger charge is 2.16. The van der Waals surface area contributed by atoms with Gasteiger partial charge in [0.25, 0.3) is 5.91 Å². The highest BCUT2D eigenvalue weighted by Crippen LogP contribution is 2.25. The Balaban J connectivity index is 1.78. The van der Waals surface area contributed by atoms with Crippen LogP contribution in [0, 0.1) is 0 Å². The summed E-state index contributed by atoms with van der Waals surface area (Å²) >= 11 is 1.53. The van der Waals surface area contributed by atoms with Crippen molar-refractivity contribution < 1.29 is 9.32 Å². The standard InChI is InChI=1S/C13H12N4O2S/c1-2-8-7-14-16-12(8)15-13(18)9-6-10(19-17-9)11-4-3-5-20-11/h3-7H,2H2,1H3,(H2,14,15,16,18). The fraction of sp³-hybridized carbons (Fsp3) is 0.154. The lowest BCUT2D eigenvalue weighted by atomic mass is 10.2. The number of aryl methyl sites for hydroxylation is 1. The topological polar surface area (TPSA) is 83.8 Å². The first-order valence-corrected chi connectivity index (χ1v) is 7.00. The first kappa shape index (κ1) is 12.6. The molecule has 0 bridgehead atoms. The van der Waals surface area contributed by atoms with Crippen LogP contribution in [-0.4, -0.2) is 21.3 Å². The number of hydrogen-bond donors (Lipinski definition) is 2. The van der Waals surface area contributed by atoms with E-state index >= 15 is 0 Å². The van der Waals surface area contributed by atoms with Gasteiger partial charge in [0.15, 0.2) is 11.5 Å². The maximum Gasteiger partial charge on any atom is 0.279 e. The van der Waals surface area contributed by atoms with E-state index in [0.29, 0.717) is 11.6 Å². The number of carbonyl (C=O) groups excluding carboxylic acids is 1. The Bertz CT molecular complexity index is 714. The first-order valence-electron chi connectivity index (χ1n) is 6.12. The maximum absolute atomic E-state index is 12.1. The third-order valence-corrected chi connectivity index (χ3v) is 3.73. The molecule has 0 saturated carbocycles. The Kier molecular flexibility index (Phi) is 3.34. The number of carbonyl (C=O) groups is 1. The van der Waals surface area contributed by atoms with E-state index < -0.39 is 0 Å². The largest absolute Gasteiger partial charge is 0.355 e. The van der Waals surface area contributed by atoms with Gasteiger partial charge in [0, 0.05) is 11.6 Å². The fourth-order valence-corrected chi connectivity index (χ4v) is 2.46. The molecule has 0 radical (unpaired) electrons. The average molecular weight is 288 g/mol. The van der Waals surface area contributed by atoms with Crippen LogP contribution in [0.5, 0.6) is 0 Å². The Morgan fingerprint density at radius 1 is 1.55 bits per heavy atom. The van der Waals surface area contributed by atoms with E-state index in [9.17, 15) is 4.79 Å². The Labute approximate surface area is 118 Å². The minimum atomic E-state index is -0.324. The predicted octanol–water partition coefficient (Wildman–Crippen LogP) is 2.94. The number of amides is 1. The normalized spacial score (nSPS) is 10.7. The van der Waals surface area contributed by atoms with Gasteiger partial charge in [0.2, 0.25) is 0 Å². The average Bonchev–Trinajstić information content (AvgIpc) is 3.19. The van der Waals surface area contributed by atoms with Gasteiger partial charge in [-0.3, -0.25) is 9.89 Å². The van der Waals surface area contributed by atoms with E-state index in [2.05, 4.69) is 20.7 Å². The molecule has 3 rings (SSSR count). The molecule has 0 aliphatic carbocycles. The molecule has 0 aliphatic heterocycles. The van der Waals surface area contributed by atoms with E-state index in [4.69, 9.17) is 4.52 Å². The van der Waals surface area contributed by atoms with Crippen molar-refractivity contribution >= 4 is 23.1 Å². The number of nitrogens with one attached hydrogen (secondary N) is 2. The molecule has 6 nitrogen and oxygen atoms in total. The lowest BCUT2D eigenvalue weighted by Crippen LogP contribution is -2.13. The molecule has 0 fully saturated rings. The Morgan fingerprint density at radius 3 is 3.20 bits per heavy atom. The van der Waals surface area contributed by atoms with Gasteiger partial charge in [-0.25, -0.2) is 0 Å². The second kappa shape index (κ2) is 5.30. The Morgan fingerprint density at radius 2 is 2.45 bits per heavy atom. The molecule has 0 atom stereocenters. The SMILES string of the molecule is CCc1cn[nH]c1NC(=O)c1cc(-c2cccs2)on1. The van der Waals surface area contributed by atoms with Crippen molar-refractivity contribution in [3.8, 4) is 10.6 Å². The second-order valence-electron chi connectivity index (χ2n) is 4.13. The lowest BCUT2D eigenvalue weighted by Gasteiger charge is -2.01. The molecule has 3 heterocycles. The van der Waals surface area contributed by atoms with Crippen LogP contribution in [-0.2, 0) is 6.42 Å². The summed E-state index contributed by atoms with van der Waals surface area (Å²) in [5, 5.41) is 15.1. The van der Waals surface area contributed by atoms with Gasteiger partial charge in [-0.2, -0.15) is 5.10 Å². The van der Waals surface area contributed by atoms with Gasteiger partial charge < -0.3 is 9.84 Å². The zero-order valence-electron chi connectivity index (χ0n) is 10.7. The van der Waals surface area contributed by atoms with E-state index in [-0.39, 0.29) is 11.6 Å². The highest BCUT2D eigenvalue weighted by molar-refractivity contribution is 7.13. The molecule has 0 aliphatic rings. The summed E-state index contributed by atoms with van der Waals surface area (Å²) in [6, 6.07) is 5.46. The molecule has 102 valence electrons. The molecule has 0 saturated heterocycles. The van der Waals surface area contributed by atoms with Crippen LogP contribution in [0.15, 0.2) is 34.3 Å². The van der Waals surface area contributed by atoms with Crippen LogP contribution in [0.3, 0.4) is 0 Å². The summed E-state index contributed by atoms with van der Waals surface area (Å²) in [4.78, 5) is 13.0. The van der Waals surface area contributed by atoms with Crippen LogP contribution in [0.2, 0.25) is 0 Å². The molecule has 3 aromatic rings. The number of thiophene rings is 1. The first-order chi connectivity index (χ1) is 9.78. The minimum Gasteiger partial charge on any atom is -0.355 e. The number of hydrogen-bond acceptors (Lipinski definition) is 5. The third-order valence-electron chi connectivity index (χ3n) is 2.84. The zero-order valence-corrected chi connectivity index (χ0v) is 11.5. The van der Waals surface area contributed by atoms with E-state index in [1.165, 1.54) is 11.3 Å². The number of aromatic amines is 1. The van der Waals surface area contributed by atoms with Crippen molar-refractivity contribution in [2.24, 2.45) is 0 Å². The third kappa shape index (κ3) is 2.35. The fourth-order valence-electron chi connectivity index (χ4n) is 1.78. The number of anilines is 1. The van der Waals surface area contributed by atoms with Crippen molar-refractivity contribution in [1.29, 1.82) is 0 Å². The van der Waals surface area contributed by atoms with Crippen LogP contribution in [0.1, 0.15) is 23.0 Å². The molecule has 0 unspecified atom stereocenters. The molecule has 1 amide bonds. The number of aromatic nitrogens is 3. The van der Waals surface area contributed by atoms with Crippen molar-refractivity contribution in [2.75, 3.05) is 5.32 Å². The molecule has 0 spiro atoms. The van der Waals surface area contributed by atoms with E-state index in [1.807, 2.05) is 24.4 Å². The van der Waals surface area contributed by atoms with Crippen LogP contribution < -0.4 is 5.32 Å². The monoisotopic (exact) mass is 288 g/mol. The van der Waals surface area contributed by atoms with Crippen molar-refractivity contribution in [1.82, 2.24) is 15.4 Å². The van der Waals surface area contributed by atoms with Gasteiger partial charge in [-0.15, -0.1) is 11.3 Å². The van der Waals surface area contributed by atoms with Crippen LogP contribution >= 0.6 is 11.3 Å². The quantitative estimate of drug-likeness (QED) is 0.773.